The number of ether oxygens (including phenoxy) is 1. The molecule has 0 unspecified atom stereocenters. The van der Waals surface area contributed by atoms with E-state index in [2.05, 4.69) is 10.1 Å². The Morgan fingerprint density at radius 3 is 3.07 bits per heavy atom. The molecule has 0 saturated carbocycles. The van der Waals surface area contributed by atoms with Crippen molar-refractivity contribution in [3.05, 3.63) is 24.2 Å². The second-order valence-corrected chi connectivity index (χ2v) is 3.14. The normalized spacial score (nSPS) is 12.4. The fourth-order valence-electron chi connectivity index (χ4n) is 1.09. The number of nitrogens with one attached hydrogen (secondary N) is 1. The molecule has 1 N–H and O–H groups in total. The molecule has 4 heteroatoms. The van der Waals surface area contributed by atoms with Gasteiger partial charge in [0.05, 0.1) is 26.3 Å². The van der Waals surface area contributed by atoms with Crippen LogP contribution in [0.3, 0.4) is 0 Å². The third-order valence-corrected chi connectivity index (χ3v) is 1.91. The third-order valence-electron chi connectivity index (χ3n) is 1.91. The van der Waals surface area contributed by atoms with Crippen LogP contribution in [0.1, 0.15) is 19.1 Å². The lowest BCUT2D eigenvalue weighted by Crippen LogP contribution is -2.28. The third kappa shape index (κ3) is 3.62. The van der Waals surface area contributed by atoms with Gasteiger partial charge in [-0.2, -0.15) is 0 Å². The molecule has 0 spiro atoms. The van der Waals surface area contributed by atoms with Gasteiger partial charge in [-0.3, -0.25) is 4.79 Å². The van der Waals surface area contributed by atoms with Crippen LogP contribution in [0, 0.1) is 0 Å². The molecule has 1 aromatic rings. The largest absolute Gasteiger partial charge is 0.469 e. The van der Waals surface area contributed by atoms with Crippen LogP contribution in [0.15, 0.2) is 22.8 Å². The number of esters is 1. The first-order chi connectivity index (χ1) is 6.72. The van der Waals surface area contributed by atoms with Crippen LogP contribution in [0.25, 0.3) is 0 Å². The van der Waals surface area contributed by atoms with E-state index >= 15 is 0 Å². The lowest BCUT2D eigenvalue weighted by Gasteiger charge is -2.10. The molecule has 78 valence electrons. The molecule has 0 radical (unpaired) electrons. The summed E-state index contributed by atoms with van der Waals surface area (Å²) in [6, 6.07) is 3.81. The average Bonchev–Trinajstić information content (AvgIpc) is 2.67. The number of carbonyl (C=O) groups is 1. The SMILES string of the molecule is COC(=O)C[C@H](C)NCc1ccco1. The van der Waals surface area contributed by atoms with Crippen LogP contribution in [-0.2, 0) is 16.1 Å². The van der Waals surface area contributed by atoms with Crippen molar-refractivity contribution < 1.29 is 13.9 Å². The molecule has 1 rings (SSSR count). The second kappa shape index (κ2) is 5.44. The van der Waals surface area contributed by atoms with Gasteiger partial charge >= 0.3 is 5.97 Å². The van der Waals surface area contributed by atoms with Crippen LogP contribution >= 0.6 is 0 Å². The maximum atomic E-state index is 10.9. The zero-order chi connectivity index (χ0) is 10.4. The Bertz CT molecular complexity index is 269. The van der Waals surface area contributed by atoms with Crippen LogP contribution < -0.4 is 5.32 Å². The molecule has 1 heterocycles. The zero-order valence-electron chi connectivity index (χ0n) is 8.45. The molecule has 0 aliphatic carbocycles. The topological polar surface area (TPSA) is 51.5 Å². The summed E-state index contributed by atoms with van der Waals surface area (Å²) in [6.45, 7) is 2.56. The maximum Gasteiger partial charge on any atom is 0.307 e. The molecule has 0 aromatic carbocycles. The predicted octanol–water partition coefficient (Wildman–Crippen LogP) is 1.32. The summed E-state index contributed by atoms with van der Waals surface area (Å²) in [5.41, 5.74) is 0. The fraction of sp³-hybridized carbons (Fsp3) is 0.500. The highest BCUT2D eigenvalue weighted by atomic mass is 16.5. The van der Waals surface area contributed by atoms with Gasteiger partial charge in [-0.05, 0) is 19.1 Å². The van der Waals surface area contributed by atoms with Crippen molar-refractivity contribution in [1.82, 2.24) is 5.32 Å². The van der Waals surface area contributed by atoms with Crippen molar-refractivity contribution in [3.63, 3.8) is 0 Å². The minimum atomic E-state index is -0.204. The number of rotatable bonds is 5. The first kappa shape index (κ1) is 10.8. The predicted molar refractivity (Wildman–Crippen MR) is 51.6 cm³/mol. The molecule has 0 saturated heterocycles. The average molecular weight is 197 g/mol. The van der Waals surface area contributed by atoms with Gasteiger partial charge < -0.3 is 14.5 Å². The molecular formula is C10H15NO3. The standard InChI is InChI=1S/C10H15NO3/c1-8(6-10(12)13-2)11-7-9-4-3-5-14-9/h3-5,8,11H,6-7H2,1-2H3/t8-/m0/s1. The lowest BCUT2D eigenvalue weighted by molar-refractivity contribution is -0.141. The molecule has 0 amide bonds. The summed E-state index contributed by atoms with van der Waals surface area (Å²) in [6.07, 6.45) is 2.00. The van der Waals surface area contributed by atoms with Crippen molar-refractivity contribution in [1.29, 1.82) is 0 Å². The Labute approximate surface area is 83.2 Å². The van der Waals surface area contributed by atoms with E-state index in [1.54, 1.807) is 6.26 Å². The number of methoxy groups -OCH3 is 1. The maximum absolute atomic E-state index is 10.9. The Kier molecular flexibility index (Phi) is 4.19. The van der Waals surface area contributed by atoms with Gasteiger partial charge in [0.25, 0.3) is 0 Å². The summed E-state index contributed by atoms with van der Waals surface area (Å²) < 4.78 is 9.69. The first-order valence-corrected chi connectivity index (χ1v) is 4.55. The van der Waals surface area contributed by atoms with E-state index in [4.69, 9.17) is 4.42 Å². The summed E-state index contributed by atoms with van der Waals surface area (Å²) >= 11 is 0. The number of hydrogen-bond acceptors (Lipinski definition) is 4. The molecule has 14 heavy (non-hydrogen) atoms. The number of furan rings is 1. The Hall–Kier alpha value is -1.29. The number of hydrogen-bond donors (Lipinski definition) is 1. The molecule has 0 aliphatic rings. The smallest absolute Gasteiger partial charge is 0.307 e. The van der Waals surface area contributed by atoms with Crippen molar-refractivity contribution >= 4 is 5.97 Å². The van der Waals surface area contributed by atoms with E-state index in [1.807, 2.05) is 19.1 Å². The molecule has 1 aromatic heterocycles. The van der Waals surface area contributed by atoms with Crippen molar-refractivity contribution in [3.8, 4) is 0 Å². The highest BCUT2D eigenvalue weighted by Gasteiger charge is 2.08. The molecule has 0 fully saturated rings. The highest BCUT2D eigenvalue weighted by molar-refractivity contribution is 5.69. The summed E-state index contributed by atoms with van der Waals surface area (Å²) in [7, 11) is 1.39. The Morgan fingerprint density at radius 1 is 1.71 bits per heavy atom. The van der Waals surface area contributed by atoms with Crippen LogP contribution in [0.2, 0.25) is 0 Å². The Morgan fingerprint density at radius 2 is 2.50 bits per heavy atom. The van der Waals surface area contributed by atoms with Crippen molar-refractivity contribution in [2.75, 3.05) is 7.11 Å². The highest BCUT2D eigenvalue weighted by Crippen LogP contribution is 2.01. The van der Waals surface area contributed by atoms with E-state index in [0.717, 1.165) is 5.76 Å². The van der Waals surface area contributed by atoms with E-state index in [1.165, 1.54) is 7.11 Å². The van der Waals surface area contributed by atoms with E-state index in [9.17, 15) is 4.79 Å². The van der Waals surface area contributed by atoms with Gasteiger partial charge in [-0.25, -0.2) is 0 Å². The second-order valence-electron chi connectivity index (χ2n) is 3.14. The van der Waals surface area contributed by atoms with Gasteiger partial charge in [0, 0.05) is 6.04 Å². The van der Waals surface area contributed by atoms with Gasteiger partial charge in [0.15, 0.2) is 0 Å². The first-order valence-electron chi connectivity index (χ1n) is 4.55. The van der Waals surface area contributed by atoms with E-state index in [0.29, 0.717) is 13.0 Å². The van der Waals surface area contributed by atoms with E-state index < -0.39 is 0 Å². The molecule has 0 bridgehead atoms. The zero-order valence-corrected chi connectivity index (χ0v) is 8.45. The Balaban J connectivity index is 2.21. The molecule has 0 aliphatic heterocycles. The monoisotopic (exact) mass is 197 g/mol. The van der Waals surface area contributed by atoms with Crippen molar-refractivity contribution in [2.45, 2.75) is 25.9 Å². The van der Waals surface area contributed by atoms with Crippen molar-refractivity contribution in [2.24, 2.45) is 0 Å². The minimum absolute atomic E-state index is 0.0903. The van der Waals surface area contributed by atoms with Gasteiger partial charge in [0.2, 0.25) is 0 Å². The molecule has 1 atom stereocenters. The quantitative estimate of drug-likeness (QED) is 0.723. The molecular weight excluding hydrogens is 182 g/mol. The van der Waals surface area contributed by atoms with Crippen LogP contribution in [-0.4, -0.2) is 19.1 Å². The van der Waals surface area contributed by atoms with Crippen LogP contribution in [0.5, 0.6) is 0 Å². The lowest BCUT2D eigenvalue weighted by atomic mass is 10.2. The number of carbonyl (C=O) groups excluding carboxylic acids is 1. The van der Waals surface area contributed by atoms with Gasteiger partial charge in [-0.1, -0.05) is 0 Å². The minimum Gasteiger partial charge on any atom is -0.469 e. The van der Waals surface area contributed by atoms with Gasteiger partial charge in [0.1, 0.15) is 5.76 Å². The van der Waals surface area contributed by atoms with Crippen LogP contribution in [0.4, 0.5) is 0 Å². The fourth-order valence-corrected chi connectivity index (χ4v) is 1.09. The van der Waals surface area contributed by atoms with Gasteiger partial charge in [-0.15, -0.1) is 0 Å². The molecule has 4 nitrogen and oxygen atoms in total. The summed E-state index contributed by atoms with van der Waals surface area (Å²) in [5.74, 6) is 0.658. The van der Waals surface area contributed by atoms with E-state index in [-0.39, 0.29) is 12.0 Å². The summed E-state index contributed by atoms with van der Waals surface area (Å²) in [5, 5.41) is 3.16. The summed E-state index contributed by atoms with van der Waals surface area (Å²) in [4.78, 5) is 10.9.